The van der Waals surface area contributed by atoms with Gasteiger partial charge in [-0.2, -0.15) is 0 Å². The molecule has 0 heterocycles. The van der Waals surface area contributed by atoms with E-state index in [2.05, 4.69) is 36.2 Å². The lowest BCUT2D eigenvalue weighted by molar-refractivity contribution is -0.121. The molecule has 3 N–H and O–H groups in total. The van der Waals surface area contributed by atoms with Crippen LogP contribution in [0, 0.1) is 6.92 Å². The van der Waals surface area contributed by atoms with Gasteiger partial charge in [0.25, 0.3) is 0 Å². The maximum Gasteiger partial charge on any atom is 0.236 e. The van der Waals surface area contributed by atoms with Crippen LogP contribution >= 0.6 is 0 Å². The number of aryl methyl sites for hydroxylation is 1. The summed E-state index contributed by atoms with van der Waals surface area (Å²) in [5, 5.41) is 2.83. The second-order valence-corrected chi connectivity index (χ2v) is 4.45. The molecule has 0 aliphatic rings. The Kier molecular flexibility index (Phi) is 5.65. The van der Waals surface area contributed by atoms with Crippen LogP contribution in [0.1, 0.15) is 19.4 Å². The van der Waals surface area contributed by atoms with E-state index in [0.717, 1.165) is 13.1 Å². The molecule has 1 aromatic carbocycles. The van der Waals surface area contributed by atoms with Crippen LogP contribution in [0.2, 0.25) is 0 Å². The average molecular weight is 249 g/mol. The van der Waals surface area contributed by atoms with Crippen molar-refractivity contribution in [2.75, 3.05) is 24.5 Å². The van der Waals surface area contributed by atoms with Crippen molar-refractivity contribution in [3.05, 3.63) is 29.8 Å². The quantitative estimate of drug-likeness (QED) is 0.798. The number of amides is 1. The van der Waals surface area contributed by atoms with Crippen LogP contribution < -0.4 is 16.0 Å². The van der Waals surface area contributed by atoms with Gasteiger partial charge in [-0.1, -0.05) is 18.2 Å². The van der Waals surface area contributed by atoms with Crippen LogP contribution in [-0.4, -0.2) is 31.6 Å². The van der Waals surface area contributed by atoms with Crippen LogP contribution in [-0.2, 0) is 4.79 Å². The Hall–Kier alpha value is -1.55. The highest BCUT2D eigenvalue weighted by atomic mass is 16.2. The molecule has 0 aliphatic heterocycles. The van der Waals surface area contributed by atoms with E-state index in [0.29, 0.717) is 6.54 Å². The second-order valence-electron chi connectivity index (χ2n) is 4.45. The fourth-order valence-corrected chi connectivity index (χ4v) is 1.84. The zero-order valence-corrected chi connectivity index (χ0v) is 11.4. The van der Waals surface area contributed by atoms with Gasteiger partial charge in [-0.15, -0.1) is 0 Å². The lowest BCUT2D eigenvalue weighted by atomic mass is 10.2. The van der Waals surface area contributed by atoms with Crippen molar-refractivity contribution in [3.8, 4) is 0 Å². The lowest BCUT2D eigenvalue weighted by Gasteiger charge is -2.25. The van der Waals surface area contributed by atoms with Gasteiger partial charge in [-0.05, 0) is 32.4 Å². The first-order valence-electron chi connectivity index (χ1n) is 6.40. The SMILES string of the molecule is CCN(CCNC(=O)[C@@H](C)N)c1ccccc1C. The summed E-state index contributed by atoms with van der Waals surface area (Å²) in [5.41, 5.74) is 7.96. The monoisotopic (exact) mass is 249 g/mol. The largest absolute Gasteiger partial charge is 0.370 e. The first-order chi connectivity index (χ1) is 8.56. The average Bonchev–Trinajstić information content (AvgIpc) is 2.35. The summed E-state index contributed by atoms with van der Waals surface area (Å²) in [6.07, 6.45) is 0. The number of carbonyl (C=O) groups is 1. The zero-order chi connectivity index (χ0) is 13.5. The first kappa shape index (κ1) is 14.5. The fraction of sp³-hybridized carbons (Fsp3) is 0.500. The highest BCUT2D eigenvalue weighted by molar-refractivity contribution is 5.80. The van der Waals surface area contributed by atoms with E-state index in [4.69, 9.17) is 5.73 Å². The van der Waals surface area contributed by atoms with Gasteiger partial charge >= 0.3 is 0 Å². The normalized spacial score (nSPS) is 12.0. The lowest BCUT2D eigenvalue weighted by Crippen LogP contribution is -2.42. The highest BCUT2D eigenvalue weighted by Crippen LogP contribution is 2.18. The van der Waals surface area contributed by atoms with Gasteiger partial charge in [0.05, 0.1) is 6.04 Å². The third-order valence-corrected chi connectivity index (χ3v) is 2.93. The Morgan fingerprint density at radius 1 is 1.44 bits per heavy atom. The van der Waals surface area contributed by atoms with Crippen molar-refractivity contribution in [1.82, 2.24) is 5.32 Å². The number of hydrogen-bond acceptors (Lipinski definition) is 3. The number of nitrogens with one attached hydrogen (secondary N) is 1. The molecule has 100 valence electrons. The summed E-state index contributed by atoms with van der Waals surface area (Å²) in [6.45, 7) is 8.22. The van der Waals surface area contributed by atoms with Gasteiger partial charge < -0.3 is 16.0 Å². The third kappa shape index (κ3) is 4.04. The molecule has 0 radical (unpaired) electrons. The molecule has 4 nitrogen and oxygen atoms in total. The Morgan fingerprint density at radius 3 is 2.67 bits per heavy atom. The maximum absolute atomic E-state index is 11.4. The number of likely N-dealkylation sites (N-methyl/N-ethyl adjacent to an activating group) is 1. The second kappa shape index (κ2) is 7.01. The van der Waals surface area contributed by atoms with Crippen LogP contribution in [0.5, 0.6) is 0 Å². The summed E-state index contributed by atoms with van der Waals surface area (Å²) in [7, 11) is 0. The number of anilines is 1. The number of para-hydroxylation sites is 1. The molecule has 0 unspecified atom stereocenters. The number of rotatable bonds is 6. The van der Waals surface area contributed by atoms with E-state index in [-0.39, 0.29) is 5.91 Å². The number of hydrogen-bond donors (Lipinski definition) is 2. The van der Waals surface area contributed by atoms with E-state index in [1.165, 1.54) is 11.3 Å². The minimum atomic E-state index is -0.446. The van der Waals surface area contributed by atoms with E-state index in [1.54, 1.807) is 6.92 Å². The maximum atomic E-state index is 11.4. The number of benzene rings is 1. The minimum absolute atomic E-state index is 0.101. The predicted molar refractivity (Wildman–Crippen MR) is 75.7 cm³/mol. The Bertz CT molecular complexity index is 390. The number of carbonyl (C=O) groups excluding carboxylic acids is 1. The Labute approximate surface area is 109 Å². The molecular formula is C14H23N3O. The van der Waals surface area contributed by atoms with Crippen molar-refractivity contribution in [1.29, 1.82) is 0 Å². The highest BCUT2D eigenvalue weighted by Gasteiger charge is 2.09. The van der Waals surface area contributed by atoms with Gasteiger partial charge in [-0.3, -0.25) is 4.79 Å². The molecule has 0 aliphatic carbocycles. The van der Waals surface area contributed by atoms with E-state index >= 15 is 0 Å². The van der Waals surface area contributed by atoms with Gasteiger partial charge in [-0.25, -0.2) is 0 Å². The van der Waals surface area contributed by atoms with Crippen molar-refractivity contribution in [3.63, 3.8) is 0 Å². The van der Waals surface area contributed by atoms with Crippen molar-refractivity contribution >= 4 is 11.6 Å². The molecule has 0 aromatic heterocycles. The van der Waals surface area contributed by atoms with E-state index in [9.17, 15) is 4.79 Å². The number of nitrogens with two attached hydrogens (primary N) is 1. The molecule has 18 heavy (non-hydrogen) atoms. The smallest absolute Gasteiger partial charge is 0.236 e. The van der Waals surface area contributed by atoms with Crippen LogP contribution in [0.15, 0.2) is 24.3 Å². The van der Waals surface area contributed by atoms with Gasteiger partial charge in [0, 0.05) is 25.3 Å². The van der Waals surface area contributed by atoms with Crippen molar-refractivity contribution in [2.24, 2.45) is 5.73 Å². The molecule has 1 amide bonds. The Morgan fingerprint density at radius 2 is 2.11 bits per heavy atom. The van der Waals surface area contributed by atoms with E-state index in [1.807, 2.05) is 12.1 Å². The fourth-order valence-electron chi connectivity index (χ4n) is 1.84. The van der Waals surface area contributed by atoms with Gasteiger partial charge in [0.15, 0.2) is 0 Å². The zero-order valence-electron chi connectivity index (χ0n) is 11.4. The standard InChI is InChI=1S/C14H23N3O/c1-4-17(10-9-16-14(18)12(3)15)13-8-6-5-7-11(13)2/h5-8,12H,4,9-10,15H2,1-3H3,(H,16,18)/t12-/m1/s1. The topological polar surface area (TPSA) is 58.4 Å². The minimum Gasteiger partial charge on any atom is -0.370 e. The summed E-state index contributed by atoms with van der Waals surface area (Å²) in [6, 6.07) is 7.82. The summed E-state index contributed by atoms with van der Waals surface area (Å²) in [4.78, 5) is 13.6. The predicted octanol–water partition coefficient (Wildman–Crippen LogP) is 1.28. The van der Waals surface area contributed by atoms with Crippen LogP contribution in [0.25, 0.3) is 0 Å². The van der Waals surface area contributed by atoms with E-state index < -0.39 is 6.04 Å². The molecule has 0 saturated carbocycles. The van der Waals surface area contributed by atoms with Crippen LogP contribution in [0.3, 0.4) is 0 Å². The molecular weight excluding hydrogens is 226 g/mol. The molecule has 1 rings (SSSR count). The molecule has 1 atom stereocenters. The molecule has 4 heteroatoms. The molecule has 0 saturated heterocycles. The summed E-state index contributed by atoms with van der Waals surface area (Å²) in [5.74, 6) is -0.101. The summed E-state index contributed by atoms with van der Waals surface area (Å²) < 4.78 is 0. The third-order valence-electron chi connectivity index (χ3n) is 2.93. The van der Waals surface area contributed by atoms with Gasteiger partial charge in [0.2, 0.25) is 5.91 Å². The number of nitrogens with zero attached hydrogens (tertiary/aromatic N) is 1. The molecule has 0 fully saturated rings. The molecule has 0 spiro atoms. The van der Waals surface area contributed by atoms with Crippen molar-refractivity contribution < 1.29 is 4.79 Å². The summed E-state index contributed by atoms with van der Waals surface area (Å²) >= 11 is 0. The Balaban J connectivity index is 2.53. The first-order valence-corrected chi connectivity index (χ1v) is 6.40. The van der Waals surface area contributed by atoms with Crippen LogP contribution in [0.4, 0.5) is 5.69 Å². The molecule has 1 aromatic rings. The van der Waals surface area contributed by atoms with Gasteiger partial charge in [0.1, 0.15) is 0 Å². The molecule has 0 bridgehead atoms. The van der Waals surface area contributed by atoms with Crippen molar-refractivity contribution in [2.45, 2.75) is 26.8 Å².